The van der Waals surface area contributed by atoms with Gasteiger partial charge in [-0.2, -0.15) is 0 Å². The molecule has 1 heterocycles. The van der Waals surface area contributed by atoms with Crippen LogP contribution in [-0.2, 0) is 4.65 Å². The van der Waals surface area contributed by atoms with E-state index in [0.717, 1.165) is 11.1 Å². The normalized spacial score (nSPS) is 10.7. The molecule has 22 heavy (non-hydrogen) atoms. The molecule has 2 aromatic carbocycles. The maximum absolute atomic E-state index is 12.0. The van der Waals surface area contributed by atoms with Gasteiger partial charge in [-0.15, -0.1) is 0 Å². The van der Waals surface area contributed by atoms with Crippen LogP contribution in [0.5, 0.6) is 0 Å². The molecule has 0 amide bonds. The molecule has 110 valence electrons. The van der Waals surface area contributed by atoms with Crippen LogP contribution in [0.1, 0.15) is 16.1 Å². The molecule has 0 saturated heterocycles. The van der Waals surface area contributed by atoms with E-state index in [9.17, 15) is 4.79 Å². The van der Waals surface area contributed by atoms with E-state index >= 15 is 0 Å². The lowest BCUT2D eigenvalue weighted by Crippen LogP contribution is -2.13. The fourth-order valence-electron chi connectivity index (χ4n) is 2.35. The van der Waals surface area contributed by atoms with Crippen molar-refractivity contribution in [3.05, 3.63) is 53.7 Å². The summed E-state index contributed by atoms with van der Waals surface area (Å²) in [6.45, 7) is 3.85. The molecule has 0 aliphatic carbocycles. The fraction of sp³-hybridized carbons (Fsp3) is 0.125. The first kappa shape index (κ1) is 15.1. The van der Waals surface area contributed by atoms with Crippen LogP contribution in [0.4, 0.5) is 0 Å². The number of nitrogens with zero attached hydrogens (tertiary/aromatic N) is 1. The zero-order valence-electron chi connectivity index (χ0n) is 12.2. The Hall–Kier alpha value is -1.83. The van der Waals surface area contributed by atoms with Crippen molar-refractivity contribution in [2.24, 2.45) is 0 Å². The van der Waals surface area contributed by atoms with Crippen LogP contribution in [0.25, 0.3) is 22.1 Å². The Morgan fingerprint density at radius 3 is 2.77 bits per heavy atom. The van der Waals surface area contributed by atoms with Crippen molar-refractivity contribution in [1.82, 2.24) is 5.16 Å². The standard InChI is InChI=1S/C16H13BINO3/c1-10-5-3-4-6-12(10)11-7-8-13-14(9-11)22-19-15(13)16(20)21-17(2)18/h3-9H,1-2H3. The minimum Gasteiger partial charge on any atom is -0.521 e. The summed E-state index contributed by atoms with van der Waals surface area (Å²) in [4.78, 5) is 12.0. The minimum absolute atomic E-state index is 0.217. The van der Waals surface area contributed by atoms with Gasteiger partial charge in [-0.05, 0) is 42.6 Å². The van der Waals surface area contributed by atoms with Gasteiger partial charge < -0.3 is 9.18 Å². The number of aryl methyl sites for hydroxylation is 1. The van der Waals surface area contributed by atoms with Gasteiger partial charge in [0.1, 0.15) is 0 Å². The molecule has 4 nitrogen and oxygen atoms in total. The monoisotopic (exact) mass is 405 g/mol. The lowest BCUT2D eigenvalue weighted by Gasteiger charge is -2.05. The van der Waals surface area contributed by atoms with Gasteiger partial charge in [0.05, 0.1) is 5.39 Å². The number of aromatic nitrogens is 1. The second kappa shape index (κ2) is 6.12. The number of benzene rings is 2. The molecule has 0 unspecified atom stereocenters. The quantitative estimate of drug-likeness (QED) is 0.476. The first-order chi connectivity index (χ1) is 10.6. The van der Waals surface area contributed by atoms with Crippen molar-refractivity contribution in [2.45, 2.75) is 13.7 Å². The smallest absolute Gasteiger partial charge is 0.429 e. The summed E-state index contributed by atoms with van der Waals surface area (Å²) in [6.07, 6.45) is 0. The van der Waals surface area contributed by atoms with Crippen molar-refractivity contribution in [1.29, 1.82) is 0 Å². The number of halogens is 1. The van der Waals surface area contributed by atoms with Crippen LogP contribution in [-0.4, -0.2) is 15.9 Å². The third kappa shape index (κ3) is 2.88. The number of fused-ring (bicyclic) bond motifs is 1. The molecule has 0 atom stereocenters. The Morgan fingerprint density at radius 1 is 1.27 bits per heavy atom. The first-order valence-electron chi connectivity index (χ1n) is 6.87. The van der Waals surface area contributed by atoms with E-state index in [4.69, 9.17) is 9.18 Å². The van der Waals surface area contributed by atoms with Crippen molar-refractivity contribution >= 4 is 44.1 Å². The minimum atomic E-state index is -0.468. The number of hydrogen-bond donors (Lipinski definition) is 0. The van der Waals surface area contributed by atoms with E-state index in [1.165, 1.54) is 5.56 Å². The van der Waals surface area contributed by atoms with Crippen LogP contribution < -0.4 is 0 Å². The van der Waals surface area contributed by atoms with E-state index in [1.54, 1.807) is 6.82 Å². The molecule has 1 aromatic heterocycles. The number of hydrogen-bond acceptors (Lipinski definition) is 4. The molecule has 3 rings (SSSR count). The lowest BCUT2D eigenvalue weighted by atomic mass is 9.99. The summed E-state index contributed by atoms with van der Waals surface area (Å²) >= 11 is 2.02. The highest BCUT2D eigenvalue weighted by atomic mass is 127. The molecule has 0 spiro atoms. The summed E-state index contributed by atoms with van der Waals surface area (Å²) in [5, 5.41) is 4.52. The highest BCUT2D eigenvalue weighted by Gasteiger charge is 2.20. The maximum Gasteiger partial charge on any atom is 0.429 e. The van der Waals surface area contributed by atoms with Gasteiger partial charge in [-0.3, -0.25) is 0 Å². The van der Waals surface area contributed by atoms with Crippen molar-refractivity contribution in [3.8, 4) is 11.1 Å². The highest BCUT2D eigenvalue weighted by molar-refractivity contribution is 14.1. The van der Waals surface area contributed by atoms with Crippen LogP contribution in [0.3, 0.4) is 0 Å². The summed E-state index contributed by atoms with van der Waals surface area (Å²) in [5.74, 6) is -0.468. The molecule has 0 fully saturated rings. The summed E-state index contributed by atoms with van der Waals surface area (Å²) < 4.78 is 10.2. The van der Waals surface area contributed by atoms with Crippen molar-refractivity contribution in [2.75, 3.05) is 0 Å². The summed E-state index contributed by atoms with van der Waals surface area (Å²) in [5.41, 5.74) is 4.14. The predicted octanol–water partition coefficient (Wildman–Crippen LogP) is 4.51. The molecular formula is C16H13BINO3. The van der Waals surface area contributed by atoms with Gasteiger partial charge in [-0.25, -0.2) is 4.79 Å². The van der Waals surface area contributed by atoms with Crippen LogP contribution in [0.2, 0.25) is 6.82 Å². The van der Waals surface area contributed by atoms with E-state index < -0.39 is 5.97 Å². The Bertz CT molecular complexity index is 844. The summed E-state index contributed by atoms with van der Waals surface area (Å²) in [6, 6.07) is 13.8. The molecule has 0 aliphatic rings. The van der Waals surface area contributed by atoms with Gasteiger partial charge in [0.25, 0.3) is 0 Å². The van der Waals surface area contributed by atoms with Gasteiger partial charge in [0.2, 0.25) is 0 Å². The molecular weight excluding hydrogens is 392 g/mol. The molecule has 0 N–H and O–H groups in total. The SMILES string of the molecule is CB(I)OC(=O)c1noc2cc(-c3ccccc3C)ccc12. The van der Waals surface area contributed by atoms with Crippen molar-refractivity contribution < 1.29 is 14.0 Å². The Kier molecular flexibility index (Phi) is 4.20. The van der Waals surface area contributed by atoms with E-state index in [2.05, 4.69) is 24.2 Å². The number of carbonyl (C=O) groups excluding carboxylic acids is 1. The third-order valence-corrected chi connectivity index (χ3v) is 3.65. The maximum atomic E-state index is 12.0. The second-order valence-electron chi connectivity index (χ2n) is 5.01. The molecule has 0 bridgehead atoms. The largest absolute Gasteiger partial charge is 0.521 e. The van der Waals surface area contributed by atoms with Crippen LogP contribution in [0, 0.1) is 6.92 Å². The van der Waals surface area contributed by atoms with Gasteiger partial charge in [0, 0.05) is 0 Å². The van der Waals surface area contributed by atoms with Gasteiger partial charge in [0.15, 0.2) is 11.3 Å². The number of rotatable bonds is 3. The molecule has 0 saturated carbocycles. The first-order valence-corrected chi connectivity index (χ1v) is 8.11. The molecule has 6 heteroatoms. The fourth-order valence-corrected chi connectivity index (χ4v) is 2.58. The predicted molar refractivity (Wildman–Crippen MR) is 95.2 cm³/mol. The second-order valence-corrected chi connectivity index (χ2v) is 6.76. The summed E-state index contributed by atoms with van der Waals surface area (Å²) in [7, 11) is 0. The zero-order valence-corrected chi connectivity index (χ0v) is 14.3. The van der Waals surface area contributed by atoms with E-state index in [0.29, 0.717) is 11.0 Å². The van der Waals surface area contributed by atoms with Crippen LogP contribution in [0.15, 0.2) is 47.0 Å². The average molecular weight is 405 g/mol. The Labute approximate surface area is 141 Å². The molecule has 0 radical (unpaired) electrons. The molecule has 3 aromatic rings. The van der Waals surface area contributed by atoms with Crippen molar-refractivity contribution in [3.63, 3.8) is 0 Å². The molecule has 0 aliphatic heterocycles. The highest BCUT2D eigenvalue weighted by Crippen LogP contribution is 2.28. The van der Waals surface area contributed by atoms with E-state index in [-0.39, 0.29) is 10.5 Å². The lowest BCUT2D eigenvalue weighted by molar-refractivity contribution is 0.0732. The number of carbonyl (C=O) groups is 1. The van der Waals surface area contributed by atoms with Crippen LogP contribution >= 0.6 is 22.4 Å². The van der Waals surface area contributed by atoms with Gasteiger partial charge >= 0.3 is 10.7 Å². The topological polar surface area (TPSA) is 52.3 Å². The van der Waals surface area contributed by atoms with E-state index in [1.807, 2.05) is 52.7 Å². The third-order valence-electron chi connectivity index (χ3n) is 3.39. The zero-order chi connectivity index (χ0) is 15.7. The average Bonchev–Trinajstić information content (AvgIpc) is 2.90. The Balaban J connectivity index is 2.03. The Morgan fingerprint density at radius 2 is 2.05 bits per heavy atom. The van der Waals surface area contributed by atoms with Gasteiger partial charge in [-0.1, -0.05) is 57.9 Å².